The molecule has 5 heteroatoms. The summed E-state index contributed by atoms with van der Waals surface area (Å²) in [6, 6.07) is 4.98. The lowest BCUT2D eigenvalue weighted by atomic mass is 10.2. The van der Waals surface area contributed by atoms with Crippen molar-refractivity contribution in [2.75, 3.05) is 12.9 Å². The molecule has 0 aliphatic carbocycles. The van der Waals surface area contributed by atoms with Crippen molar-refractivity contribution >= 4 is 25.8 Å². The number of aliphatic hydroxyl groups is 1. The highest BCUT2D eigenvalue weighted by Crippen LogP contribution is 2.24. The molecule has 78 valence electrons. The molecule has 1 aromatic carbocycles. The molecule has 3 nitrogen and oxygen atoms in total. The highest BCUT2D eigenvalue weighted by molar-refractivity contribution is 9.10. The Labute approximate surface area is 91.8 Å². The van der Waals surface area contributed by atoms with Crippen LogP contribution in [-0.4, -0.2) is 26.4 Å². The van der Waals surface area contributed by atoms with E-state index in [1.54, 1.807) is 18.2 Å². The molecule has 0 aliphatic heterocycles. The van der Waals surface area contributed by atoms with Gasteiger partial charge in [0.25, 0.3) is 0 Å². The SMILES string of the molecule is CS(=O)(=O)c1cccc(Br)c1CCO. The van der Waals surface area contributed by atoms with Gasteiger partial charge in [0.1, 0.15) is 0 Å². The number of aliphatic hydroxyl groups excluding tert-OH is 1. The van der Waals surface area contributed by atoms with E-state index in [0.29, 0.717) is 12.0 Å². The van der Waals surface area contributed by atoms with Crippen LogP contribution in [0.2, 0.25) is 0 Å². The molecule has 0 saturated carbocycles. The Balaban J connectivity index is 3.36. The van der Waals surface area contributed by atoms with Crippen LogP contribution in [0.25, 0.3) is 0 Å². The normalized spacial score (nSPS) is 11.6. The van der Waals surface area contributed by atoms with Crippen LogP contribution >= 0.6 is 15.9 Å². The van der Waals surface area contributed by atoms with E-state index in [4.69, 9.17) is 5.11 Å². The molecule has 0 unspecified atom stereocenters. The van der Waals surface area contributed by atoms with Gasteiger partial charge in [-0.3, -0.25) is 0 Å². The number of rotatable bonds is 3. The topological polar surface area (TPSA) is 54.4 Å². The monoisotopic (exact) mass is 278 g/mol. The number of hydrogen-bond acceptors (Lipinski definition) is 3. The molecule has 0 fully saturated rings. The highest BCUT2D eigenvalue weighted by Gasteiger charge is 2.14. The molecule has 1 N–H and O–H groups in total. The van der Waals surface area contributed by atoms with E-state index in [1.807, 2.05) is 0 Å². The lowest BCUT2D eigenvalue weighted by Gasteiger charge is -2.08. The minimum absolute atomic E-state index is 0.0644. The van der Waals surface area contributed by atoms with Gasteiger partial charge in [-0.15, -0.1) is 0 Å². The molecule has 0 spiro atoms. The zero-order valence-electron chi connectivity index (χ0n) is 7.70. The van der Waals surface area contributed by atoms with Gasteiger partial charge in [0.15, 0.2) is 9.84 Å². The molecule has 0 bridgehead atoms. The van der Waals surface area contributed by atoms with E-state index in [9.17, 15) is 8.42 Å². The van der Waals surface area contributed by atoms with Crippen molar-refractivity contribution in [3.63, 3.8) is 0 Å². The number of benzene rings is 1. The Morgan fingerprint density at radius 1 is 1.43 bits per heavy atom. The molecule has 0 amide bonds. The second-order valence-corrected chi connectivity index (χ2v) is 5.80. The highest BCUT2D eigenvalue weighted by atomic mass is 79.9. The van der Waals surface area contributed by atoms with Crippen molar-refractivity contribution in [2.45, 2.75) is 11.3 Å². The molecule has 0 atom stereocenters. The number of hydrogen-bond donors (Lipinski definition) is 1. The summed E-state index contributed by atoms with van der Waals surface area (Å²) >= 11 is 3.27. The van der Waals surface area contributed by atoms with Gasteiger partial charge >= 0.3 is 0 Å². The molecular weight excluding hydrogens is 268 g/mol. The van der Waals surface area contributed by atoms with E-state index < -0.39 is 9.84 Å². The van der Waals surface area contributed by atoms with Crippen LogP contribution in [0.5, 0.6) is 0 Å². The Kier molecular flexibility index (Phi) is 3.69. The lowest BCUT2D eigenvalue weighted by Crippen LogP contribution is -2.04. The Morgan fingerprint density at radius 2 is 2.07 bits per heavy atom. The molecule has 0 heterocycles. The first-order valence-corrected chi connectivity index (χ1v) is 6.73. The summed E-state index contributed by atoms with van der Waals surface area (Å²) < 4.78 is 23.5. The molecule has 0 aromatic heterocycles. The predicted octanol–water partition coefficient (Wildman–Crippen LogP) is 1.39. The predicted molar refractivity (Wildman–Crippen MR) is 58.0 cm³/mol. The first-order valence-electron chi connectivity index (χ1n) is 4.05. The number of sulfone groups is 1. The van der Waals surface area contributed by atoms with Crippen molar-refractivity contribution in [3.05, 3.63) is 28.2 Å². The maximum Gasteiger partial charge on any atom is 0.175 e. The van der Waals surface area contributed by atoms with Crippen molar-refractivity contribution in [1.82, 2.24) is 0 Å². The van der Waals surface area contributed by atoms with Gasteiger partial charge in [-0.1, -0.05) is 22.0 Å². The third-order valence-corrected chi connectivity index (χ3v) is 3.76. The van der Waals surface area contributed by atoms with Crippen molar-refractivity contribution in [3.8, 4) is 0 Å². The molecule has 0 radical (unpaired) electrons. The third kappa shape index (κ3) is 2.56. The summed E-state index contributed by atoms with van der Waals surface area (Å²) in [5, 5.41) is 8.82. The minimum atomic E-state index is -3.22. The summed E-state index contributed by atoms with van der Waals surface area (Å²) in [6.45, 7) is -0.0644. The average Bonchev–Trinajstić information content (AvgIpc) is 2.07. The Morgan fingerprint density at radius 3 is 2.57 bits per heavy atom. The van der Waals surface area contributed by atoms with Crippen LogP contribution in [0.15, 0.2) is 27.6 Å². The lowest BCUT2D eigenvalue weighted by molar-refractivity contribution is 0.298. The van der Waals surface area contributed by atoms with Gasteiger partial charge in [0, 0.05) is 17.3 Å². The van der Waals surface area contributed by atoms with Crippen molar-refractivity contribution < 1.29 is 13.5 Å². The standard InChI is InChI=1S/C9H11BrO3S/c1-14(12,13)9-4-2-3-8(10)7(9)5-6-11/h2-4,11H,5-6H2,1H3. The number of halogens is 1. The summed E-state index contributed by atoms with van der Waals surface area (Å²) in [5.41, 5.74) is 0.637. The van der Waals surface area contributed by atoms with E-state index in [-0.39, 0.29) is 11.5 Å². The van der Waals surface area contributed by atoms with Gasteiger partial charge in [-0.05, 0) is 24.1 Å². The summed E-state index contributed by atoms with van der Waals surface area (Å²) in [4.78, 5) is 0.279. The third-order valence-electron chi connectivity index (χ3n) is 1.84. The summed E-state index contributed by atoms with van der Waals surface area (Å²) in [7, 11) is -3.22. The van der Waals surface area contributed by atoms with Crippen LogP contribution in [0.1, 0.15) is 5.56 Å². The van der Waals surface area contributed by atoms with Crippen LogP contribution in [0, 0.1) is 0 Å². The van der Waals surface area contributed by atoms with Gasteiger partial charge in [-0.25, -0.2) is 8.42 Å². The Bertz CT molecular complexity index is 426. The largest absolute Gasteiger partial charge is 0.396 e. The molecule has 0 aliphatic rings. The quantitative estimate of drug-likeness (QED) is 0.909. The summed E-state index contributed by atoms with van der Waals surface area (Å²) in [5.74, 6) is 0. The zero-order chi connectivity index (χ0) is 10.8. The Hall–Kier alpha value is -0.390. The van der Waals surface area contributed by atoms with Gasteiger partial charge in [-0.2, -0.15) is 0 Å². The summed E-state index contributed by atoms with van der Waals surface area (Å²) in [6.07, 6.45) is 1.50. The van der Waals surface area contributed by atoms with Gasteiger partial charge < -0.3 is 5.11 Å². The fourth-order valence-electron chi connectivity index (χ4n) is 1.24. The smallest absolute Gasteiger partial charge is 0.175 e. The first-order chi connectivity index (χ1) is 6.46. The molecular formula is C9H11BrO3S. The van der Waals surface area contributed by atoms with Crippen molar-refractivity contribution in [1.29, 1.82) is 0 Å². The van der Waals surface area contributed by atoms with Crippen LogP contribution < -0.4 is 0 Å². The van der Waals surface area contributed by atoms with E-state index >= 15 is 0 Å². The van der Waals surface area contributed by atoms with Crippen LogP contribution in [0.3, 0.4) is 0 Å². The second kappa shape index (κ2) is 4.42. The van der Waals surface area contributed by atoms with E-state index in [0.717, 1.165) is 10.7 Å². The second-order valence-electron chi connectivity index (χ2n) is 2.96. The average molecular weight is 279 g/mol. The fraction of sp³-hybridized carbons (Fsp3) is 0.333. The molecule has 1 aromatic rings. The van der Waals surface area contributed by atoms with Crippen LogP contribution in [0.4, 0.5) is 0 Å². The fourth-order valence-corrected chi connectivity index (χ4v) is 2.92. The molecule has 1 rings (SSSR count). The molecule has 14 heavy (non-hydrogen) atoms. The van der Waals surface area contributed by atoms with Gasteiger partial charge in [0.05, 0.1) is 4.90 Å². The van der Waals surface area contributed by atoms with E-state index in [1.165, 1.54) is 0 Å². The maximum absolute atomic E-state index is 11.4. The minimum Gasteiger partial charge on any atom is -0.396 e. The maximum atomic E-state index is 11.4. The van der Waals surface area contributed by atoms with E-state index in [2.05, 4.69) is 15.9 Å². The first kappa shape index (κ1) is 11.7. The van der Waals surface area contributed by atoms with Crippen molar-refractivity contribution in [2.24, 2.45) is 0 Å². The van der Waals surface area contributed by atoms with Crippen LogP contribution in [-0.2, 0) is 16.3 Å². The molecule has 0 saturated heterocycles. The zero-order valence-corrected chi connectivity index (χ0v) is 10.1. The van der Waals surface area contributed by atoms with Gasteiger partial charge in [0.2, 0.25) is 0 Å².